The lowest BCUT2D eigenvalue weighted by molar-refractivity contribution is -0.145. The molecule has 0 saturated carbocycles. The van der Waals surface area contributed by atoms with Crippen LogP contribution in [0.3, 0.4) is 0 Å². The smallest absolute Gasteiger partial charge is 0.307 e. The minimum Gasteiger partial charge on any atom is -0.466 e. The summed E-state index contributed by atoms with van der Waals surface area (Å²) >= 11 is 0. The number of rotatable bonds is 9. The van der Waals surface area contributed by atoms with Gasteiger partial charge in [0, 0.05) is 5.69 Å². The van der Waals surface area contributed by atoms with Crippen LogP contribution in [-0.2, 0) is 9.53 Å². The first kappa shape index (κ1) is 22.1. The fourth-order valence-corrected chi connectivity index (χ4v) is 1.91. The molecule has 2 atom stereocenters. The van der Waals surface area contributed by atoms with Gasteiger partial charge < -0.3 is 20.9 Å². The standard InChI is InChI=1S/C16H23FN2O4.ClH/c1-2-3-8-23-15(21)9-13(14(20)10-17)19-16(22)11-6-4-5-7-12(11)18;/h4-7,13-14,20H,2-3,8-10,18H2,1H3,(H,19,22);1H. The molecular weight excluding hydrogens is 339 g/mol. The molecule has 1 amide bonds. The molecule has 0 aliphatic carbocycles. The van der Waals surface area contributed by atoms with E-state index in [4.69, 9.17) is 10.5 Å². The Morgan fingerprint density at radius 3 is 2.62 bits per heavy atom. The van der Waals surface area contributed by atoms with Gasteiger partial charge in [-0.3, -0.25) is 9.59 Å². The van der Waals surface area contributed by atoms with E-state index in [9.17, 15) is 19.1 Å². The van der Waals surface area contributed by atoms with E-state index < -0.39 is 30.7 Å². The minimum absolute atomic E-state index is 0. The number of nitrogens with one attached hydrogen (secondary N) is 1. The van der Waals surface area contributed by atoms with Gasteiger partial charge in [-0.25, -0.2) is 4.39 Å². The van der Waals surface area contributed by atoms with Crippen molar-refractivity contribution in [3.05, 3.63) is 29.8 Å². The largest absolute Gasteiger partial charge is 0.466 e. The zero-order valence-electron chi connectivity index (χ0n) is 13.5. The summed E-state index contributed by atoms with van der Waals surface area (Å²) in [6.07, 6.45) is -0.224. The topological polar surface area (TPSA) is 102 Å². The first-order valence-corrected chi connectivity index (χ1v) is 7.54. The highest BCUT2D eigenvalue weighted by molar-refractivity contribution is 5.99. The molecule has 0 radical (unpaired) electrons. The van der Waals surface area contributed by atoms with Crippen LogP contribution in [0.5, 0.6) is 0 Å². The van der Waals surface area contributed by atoms with E-state index in [0.29, 0.717) is 0 Å². The Bertz CT molecular complexity index is 531. The second-order valence-corrected chi connectivity index (χ2v) is 5.17. The van der Waals surface area contributed by atoms with Gasteiger partial charge in [-0.15, -0.1) is 12.4 Å². The number of hydrogen-bond acceptors (Lipinski definition) is 5. The second kappa shape index (κ2) is 11.6. The quantitative estimate of drug-likeness (QED) is 0.353. The number of carbonyl (C=O) groups excluding carboxylic acids is 2. The third-order valence-electron chi connectivity index (χ3n) is 3.29. The van der Waals surface area contributed by atoms with E-state index in [1.165, 1.54) is 6.07 Å². The molecule has 1 aromatic carbocycles. The van der Waals surface area contributed by atoms with Gasteiger partial charge in [0.1, 0.15) is 12.8 Å². The number of unbranched alkanes of at least 4 members (excludes halogenated alkanes) is 1. The molecule has 2 unspecified atom stereocenters. The highest BCUT2D eigenvalue weighted by Gasteiger charge is 2.26. The van der Waals surface area contributed by atoms with Crippen molar-refractivity contribution >= 4 is 30.0 Å². The number of aliphatic hydroxyl groups excluding tert-OH is 1. The van der Waals surface area contributed by atoms with E-state index >= 15 is 0 Å². The van der Waals surface area contributed by atoms with Crippen LogP contribution in [0.15, 0.2) is 24.3 Å². The lowest BCUT2D eigenvalue weighted by atomic mass is 10.1. The van der Waals surface area contributed by atoms with E-state index in [2.05, 4.69) is 5.32 Å². The Kier molecular flexibility index (Phi) is 10.7. The summed E-state index contributed by atoms with van der Waals surface area (Å²) in [7, 11) is 0. The number of halogens is 2. The summed E-state index contributed by atoms with van der Waals surface area (Å²) in [6.45, 7) is 1.12. The maximum Gasteiger partial charge on any atom is 0.307 e. The van der Waals surface area contributed by atoms with Crippen molar-refractivity contribution in [1.82, 2.24) is 5.32 Å². The Morgan fingerprint density at radius 1 is 1.38 bits per heavy atom. The molecule has 0 spiro atoms. The molecule has 0 aliphatic rings. The molecule has 0 saturated heterocycles. The summed E-state index contributed by atoms with van der Waals surface area (Å²) < 4.78 is 17.7. The van der Waals surface area contributed by atoms with Crippen LogP contribution in [0.2, 0.25) is 0 Å². The monoisotopic (exact) mass is 362 g/mol. The number of amides is 1. The highest BCUT2D eigenvalue weighted by atomic mass is 35.5. The number of nitrogens with two attached hydrogens (primary N) is 1. The van der Waals surface area contributed by atoms with Crippen LogP contribution >= 0.6 is 12.4 Å². The van der Waals surface area contributed by atoms with Crippen LogP contribution in [0.25, 0.3) is 0 Å². The molecular formula is C16H24ClFN2O4. The second-order valence-electron chi connectivity index (χ2n) is 5.17. The number of esters is 1. The maximum atomic E-state index is 12.7. The van der Waals surface area contributed by atoms with Crippen molar-refractivity contribution in [3.8, 4) is 0 Å². The number of benzene rings is 1. The van der Waals surface area contributed by atoms with E-state index in [1.807, 2.05) is 6.92 Å². The molecule has 0 aromatic heterocycles. The number of alkyl halides is 1. The van der Waals surface area contributed by atoms with Crippen molar-refractivity contribution in [2.45, 2.75) is 38.3 Å². The summed E-state index contributed by atoms with van der Waals surface area (Å²) in [5, 5.41) is 12.1. The summed E-state index contributed by atoms with van der Waals surface area (Å²) in [5.41, 5.74) is 6.15. The SMILES string of the molecule is CCCCOC(=O)CC(NC(=O)c1ccccc1N)C(O)CF.Cl. The van der Waals surface area contributed by atoms with Gasteiger partial charge in [0.05, 0.1) is 24.6 Å². The van der Waals surface area contributed by atoms with Crippen LogP contribution in [0.4, 0.5) is 10.1 Å². The van der Waals surface area contributed by atoms with Crippen molar-refractivity contribution in [1.29, 1.82) is 0 Å². The van der Waals surface area contributed by atoms with Gasteiger partial charge in [-0.2, -0.15) is 0 Å². The highest BCUT2D eigenvalue weighted by Crippen LogP contribution is 2.12. The molecule has 24 heavy (non-hydrogen) atoms. The number of nitrogen functional groups attached to an aromatic ring is 1. The average molecular weight is 363 g/mol. The molecule has 8 heteroatoms. The lowest BCUT2D eigenvalue weighted by Gasteiger charge is -2.22. The summed E-state index contributed by atoms with van der Waals surface area (Å²) in [5.74, 6) is -1.18. The first-order chi connectivity index (χ1) is 11.0. The number of anilines is 1. The van der Waals surface area contributed by atoms with Gasteiger partial charge in [-0.1, -0.05) is 25.5 Å². The zero-order chi connectivity index (χ0) is 17.2. The average Bonchev–Trinajstić information content (AvgIpc) is 2.54. The van der Waals surface area contributed by atoms with Crippen molar-refractivity contribution in [2.24, 2.45) is 0 Å². The Labute approximate surface area is 147 Å². The molecule has 0 fully saturated rings. The van der Waals surface area contributed by atoms with Crippen molar-refractivity contribution in [3.63, 3.8) is 0 Å². The number of carbonyl (C=O) groups is 2. The third-order valence-corrected chi connectivity index (χ3v) is 3.29. The number of aliphatic hydroxyl groups is 1. The Balaban J connectivity index is 0.00000529. The van der Waals surface area contributed by atoms with Gasteiger partial charge in [0.15, 0.2) is 0 Å². The molecule has 0 heterocycles. The molecule has 136 valence electrons. The van der Waals surface area contributed by atoms with E-state index in [1.54, 1.807) is 18.2 Å². The number of ether oxygens (including phenoxy) is 1. The normalized spacial score (nSPS) is 12.6. The maximum absolute atomic E-state index is 12.7. The number of para-hydroxylation sites is 1. The van der Waals surface area contributed by atoms with Crippen molar-refractivity contribution in [2.75, 3.05) is 19.0 Å². The predicted molar refractivity (Wildman–Crippen MR) is 91.8 cm³/mol. The summed E-state index contributed by atoms with van der Waals surface area (Å²) in [4.78, 5) is 23.9. The van der Waals surface area contributed by atoms with Gasteiger partial charge >= 0.3 is 5.97 Å². The molecule has 1 aromatic rings. The van der Waals surface area contributed by atoms with Gasteiger partial charge in [0.2, 0.25) is 0 Å². The van der Waals surface area contributed by atoms with Crippen molar-refractivity contribution < 1.29 is 23.8 Å². The first-order valence-electron chi connectivity index (χ1n) is 7.54. The van der Waals surface area contributed by atoms with Crippen LogP contribution in [0, 0.1) is 0 Å². The van der Waals surface area contributed by atoms with Crippen LogP contribution in [-0.4, -0.2) is 42.4 Å². The zero-order valence-corrected chi connectivity index (χ0v) is 14.4. The molecule has 0 bridgehead atoms. The minimum atomic E-state index is -1.50. The Morgan fingerprint density at radius 2 is 2.04 bits per heavy atom. The molecule has 0 aliphatic heterocycles. The molecule has 4 N–H and O–H groups in total. The van der Waals surface area contributed by atoms with Crippen LogP contribution in [0.1, 0.15) is 36.5 Å². The van der Waals surface area contributed by atoms with Gasteiger partial charge in [-0.05, 0) is 18.6 Å². The summed E-state index contributed by atoms with van der Waals surface area (Å²) in [6, 6.07) is 5.27. The third kappa shape index (κ3) is 7.14. The molecule has 1 rings (SSSR count). The van der Waals surface area contributed by atoms with E-state index in [-0.39, 0.29) is 36.7 Å². The number of hydrogen-bond donors (Lipinski definition) is 3. The lowest BCUT2D eigenvalue weighted by Crippen LogP contribution is -2.46. The van der Waals surface area contributed by atoms with E-state index in [0.717, 1.165) is 12.8 Å². The Hall–Kier alpha value is -1.86. The fourth-order valence-electron chi connectivity index (χ4n) is 1.91. The molecule has 6 nitrogen and oxygen atoms in total. The van der Waals surface area contributed by atoms with Gasteiger partial charge in [0.25, 0.3) is 5.91 Å². The van der Waals surface area contributed by atoms with Crippen LogP contribution < -0.4 is 11.1 Å². The fraction of sp³-hybridized carbons (Fsp3) is 0.500. The predicted octanol–water partition coefficient (Wildman–Crippen LogP) is 1.85.